The van der Waals surface area contributed by atoms with Crippen molar-refractivity contribution in [1.29, 1.82) is 0 Å². The number of anilines is 1. The average molecular weight is 301 g/mol. The van der Waals surface area contributed by atoms with E-state index in [1.807, 2.05) is 13.8 Å². The van der Waals surface area contributed by atoms with Gasteiger partial charge in [0.15, 0.2) is 0 Å². The van der Waals surface area contributed by atoms with Crippen LogP contribution in [-0.2, 0) is 0 Å². The topological polar surface area (TPSA) is 59.9 Å². The summed E-state index contributed by atoms with van der Waals surface area (Å²) >= 11 is 5.85. The average Bonchev–Trinajstić information content (AvgIpc) is 2.36. The first-order valence-electron chi connectivity index (χ1n) is 7.44. The van der Waals surface area contributed by atoms with Gasteiger partial charge < -0.3 is 10.1 Å². The summed E-state index contributed by atoms with van der Waals surface area (Å²) in [5.74, 6) is 0.481. The standard InChI is InChI=1S/C14H25ClN4O/c1-4-5-6-7-8-9-10-16-13-17-12(15)18-14(19-13)20-11(2)3/h11H,4-10H2,1-3H3,(H,16,17,18,19). The van der Waals surface area contributed by atoms with Crippen molar-refractivity contribution in [1.82, 2.24) is 15.0 Å². The molecule has 5 nitrogen and oxygen atoms in total. The lowest BCUT2D eigenvalue weighted by molar-refractivity contribution is 0.222. The van der Waals surface area contributed by atoms with Crippen LogP contribution in [0.2, 0.25) is 5.28 Å². The predicted molar refractivity (Wildman–Crippen MR) is 82.5 cm³/mol. The Labute approximate surface area is 126 Å². The maximum absolute atomic E-state index is 5.85. The number of ether oxygens (including phenoxy) is 1. The van der Waals surface area contributed by atoms with Crippen LogP contribution in [0.3, 0.4) is 0 Å². The summed E-state index contributed by atoms with van der Waals surface area (Å²) in [6.45, 7) is 6.90. The van der Waals surface area contributed by atoms with Crippen molar-refractivity contribution in [2.45, 2.75) is 65.4 Å². The van der Waals surface area contributed by atoms with Crippen molar-refractivity contribution in [3.05, 3.63) is 5.28 Å². The number of unbranched alkanes of at least 4 members (excludes halogenated alkanes) is 5. The highest BCUT2D eigenvalue weighted by molar-refractivity contribution is 6.28. The van der Waals surface area contributed by atoms with E-state index in [1.54, 1.807) is 0 Å². The van der Waals surface area contributed by atoms with Crippen molar-refractivity contribution in [3.63, 3.8) is 0 Å². The fourth-order valence-electron chi connectivity index (χ4n) is 1.78. The third kappa shape index (κ3) is 7.48. The molecule has 0 aliphatic heterocycles. The molecule has 6 heteroatoms. The van der Waals surface area contributed by atoms with E-state index >= 15 is 0 Å². The Morgan fingerprint density at radius 1 is 1.05 bits per heavy atom. The van der Waals surface area contributed by atoms with Crippen LogP contribution in [-0.4, -0.2) is 27.6 Å². The van der Waals surface area contributed by atoms with Crippen molar-refractivity contribution in [2.24, 2.45) is 0 Å². The number of halogens is 1. The van der Waals surface area contributed by atoms with Gasteiger partial charge in [-0.3, -0.25) is 0 Å². The first-order valence-corrected chi connectivity index (χ1v) is 7.81. The zero-order valence-corrected chi connectivity index (χ0v) is 13.4. The van der Waals surface area contributed by atoms with Crippen molar-refractivity contribution >= 4 is 17.5 Å². The van der Waals surface area contributed by atoms with Crippen molar-refractivity contribution < 1.29 is 4.74 Å². The zero-order valence-electron chi connectivity index (χ0n) is 12.7. The van der Waals surface area contributed by atoms with E-state index in [0.29, 0.717) is 5.95 Å². The number of nitrogens with one attached hydrogen (secondary N) is 1. The Morgan fingerprint density at radius 2 is 1.75 bits per heavy atom. The highest BCUT2D eigenvalue weighted by Gasteiger charge is 2.07. The Kier molecular flexibility index (Phi) is 8.26. The molecule has 1 rings (SSSR count). The molecular formula is C14H25ClN4O. The lowest BCUT2D eigenvalue weighted by Crippen LogP contribution is -2.12. The molecule has 1 aromatic rings. The van der Waals surface area contributed by atoms with Gasteiger partial charge in [-0.1, -0.05) is 39.0 Å². The molecule has 1 heterocycles. The van der Waals surface area contributed by atoms with Gasteiger partial charge in [0.25, 0.3) is 0 Å². The summed E-state index contributed by atoms with van der Waals surface area (Å²) in [6, 6.07) is 0.269. The molecule has 1 aromatic heterocycles. The SMILES string of the molecule is CCCCCCCCNc1nc(Cl)nc(OC(C)C)n1. The van der Waals surface area contributed by atoms with Crippen LogP contribution in [0.25, 0.3) is 0 Å². The van der Waals surface area contributed by atoms with Gasteiger partial charge in [0.05, 0.1) is 6.10 Å². The lowest BCUT2D eigenvalue weighted by Gasteiger charge is -2.09. The molecule has 0 saturated heterocycles. The van der Waals surface area contributed by atoms with Crippen LogP contribution in [0, 0.1) is 0 Å². The van der Waals surface area contributed by atoms with E-state index in [9.17, 15) is 0 Å². The van der Waals surface area contributed by atoms with Gasteiger partial charge in [0.2, 0.25) is 11.2 Å². The molecule has 0 spiro atoms. The van der Waals surface area contributed by atoms with Gasteiger partial charge in [0.1, 0.15) is 0 Å². The molecule has 20 heavy (non-hydrogen) atoms. The van der Waals surface area contributed by atoms with Gasteiger partial charge in [-0.05, 0) is 31.9 Å². The number of aromatic nitrogens is 3. The molecule has 0 saturated carbocycles. The van der Waals surface area contributed by atoms with Crippen LogP contribution >= 0.6 is 11.6 Å². The molecule has 0 bridgehead atoms. The minimum absolute atomic E-state index is 0.0138. The van der Waals surface area contributed by atoms with E-state index in [4.69, 9.17) is 16.3 Å². The van der Waals surface area contributed by atoms with E-state index in [2.05, 4.69) is 27.2 Å². The van der Waals surface area contributed by atoms with Crippen LogP contribution in [0.1, 0.15) is 59.3 Å². The van der Waals surface area contributed by atoms with Gasteiger partial charge in [-0.15, -0.1) is 0 Å². The summed E-state index contributed by atoms with van der Waals surface area (Å²) in [7, 11) is 0. The molecule has 0 radical (unpaired) electrons. The summed E-state index contributed by atoms with van der Waals surface area (Å²) in [5.41, 5.74) is 0. The van der Waals surface area contributed by atoms with Gasteiger partial charge >= 0.3 is 6.01 Å². The van der Waals surface area contributed by atoms with Gasteiger partial charge in [-0.25, -0.2) is 0 Å². The maximum Gasteiger partial charge on any atom is 0.322 e. The zero-order chi connectivity index (χ0) is 14.8. The van der Waals surface area contributed by atoms with Gasteiger partial charge in [0, 0.05) is 6.54 Å². The van der Waals surface area contributed by atoms with E-state index in [1.165, 1.54) is 32.1 Å². The minimum atomic E-state index is 0.0138. The third-order valence-electron chi connectivity index (χ3n) is 2.74. The summed E-state index contributed by atoms with van der Waals surface area (Å²) in [5, 5.41) is 3.32. The third-order valence-corrected chi connectivity index (χ3v) is 2.91. The number of hydrogen-bond acceptors (Lipinski definition) is 5. The minimum Gasteiger partial charge on any atom is -0.461 e. The fourth-order valence-corrected chi connectivity index (χ4v) is 1.93. The van der Waals surface area contributed by atoms with E-state index in [0.717, 1.165) is 13.0 Å². The molecule has 114 valence electrons. The number of rotatable bonds is 10. The normalized spacial score (nSPS) is 10.8. The van der Waals surface area contributed by atoms with Crippen LogP contribution in [0.5, 0.6) is 6.01 Å². The van der Waals surface area contributed by atoms with Crippen LogP contribution in [0.4, 0.5) is 5.95 Å². The Bertz CT molecular complexity index is 387. The fraction of sp³-hybridized carbons (Fsp3) is 0.786. The maximum atomic E-state index is 5.85. The lowest BCUT2D eigenvalue weighted by atomic mass is 10.1. The Morgan fingerprint density at radius 3 is 2.45 bits per heavy atom. The second kappa shape index (κ2) is 9.75. The monoisotopic (exact) mass is 300 g/mol. The summed E-state index contributed by atoms with van der Waals surface area (Å²) in [6.07, 6.45) is 7.55. The largest absolute Gasteiger partial charge is 0.461 e. The number of nitrogens with zero attached hydrogens (tertiary/aromatic N) is 3. The second-order valence-corrected chi connectivity index (χ2v) is 5.41. The number of hydrogen-bond donors (Lipinski definition) is 1. The molecular weight excluding hydrogens is 276 g/mol. The molecule has 0 atom stereocenters. The molecule has 0 unspecified atom stereocenters. The molecule has 0 aliphatic carbocycles. The smallest absolute Gasteiger partial charge is 0.322 e. The van der Waals surface area contributed by atoms with Crippen LogP contribution in [0.15, 0.2) is 0 Å². The van der Waals surface area contributed by atoms with Crippen molar-refractivity contribution in [2.75, 3.05) is 11.9 Å². The Balaban J connectivity index is 2.30. The van der Waals surface area contributed by atoms with Crippen molar-refractivity contribution in [3.8, 4) is 6.01 Å². The molecule has 0 amide bonds. The second-order valence-electron chi connectivity index (χ2n) is 5.07. The molecule has 1 N–H and O–H groups in total. The first kappa shape index (κ1) is 17.0. The van der Waals surface area contributed by atoms with Gasteiger partial charge in [-0.2, -0.15) is 15.0 Å². The molecule has 0 fully saturated rings. The summed E-state index contributed by atoms with van der Waals surface area (Å²) in [4.78, 5) is 12.2. The molecule has 0 aromatic carbocycles. The highest BCUT2D eigenvalue weighted by atomic mass is 35.5. The quantitative estimate of drug-likeness (QED) is 0.660. The molecule has 0 aliphatic rings. The summed E-state index contributed by atoms with van der Waals surface area (Å²) < 4.78 is 5.42. The highest BCUT2D eigenvalue weighted by Crippen LogP contribution is 2.13. The van der Waals surface area contributed by atoms with Crippen LogP contribution < -0.4 is 10.1 Å². The van der Waals surface area contributed by atoms with E-state index < -0.39 is 0 Å². The Hall–Kier alpha value is -1.10. The van der Waals surface area contributed by atoms with E-state index in [-0.39, 0.29) is 17.4 Å². The first-order chi connectivity index (χ1) is 9.61. The predicted octanol–water partition coefficient (Wildman–Crippen LogP) is 4.08.